The topological polar surface area (TPSA) is 61.8 Å². The van der Waals surface area contributed by atoms with E-state index in [9.17, 15) is 9.90 Å². The maximum atomic E-state index is 12.1. The molecule has 1 atom stereocenters. The lowest BCUT2D eigenvalue weighted by Gasteiger charge is -2.22. The molecule has 1 aliphatic carbocycles. The molecule has 1 unspecified atom stereocenters. The van der Waals surface area contributed by atoms with Crippen LogP contribution < -0.4 is 5.32 Å². The molecule has 1 amide bonds. The van der Waals surface area contributed by atoms with E-state index in [2.05, 4.69) is 10.2 Å². The molecule has 5 nitrogen and oxygen atoms in total. The highest BCUT2D eigenvalue weighted by molar-refractivity contribution is 5.78. The van der Waals surface area contributed by atoms with Crippen LogP contribution in [0.15, 0.2) is 24.3 Å². The molecule has 0 spiro atoms. The third-order valence-corrected chi connectivity index (χ3v) is 5.05. The number of likely N-dealkylation sites (tertiary alicyclic amines) is 1. The number of hydrogen-bond donors (Lipinski definition) is 2. The van der Waals surface area contributed by atoms with Crippen LogP contribution >= 0.6 is 0 Å². The number of nitrogens with zero attached hydrogens (tertiary/aromatic N) is 1. The van der Waals surface area contributed by atoms with Crippen molar-refractivity contribution in [3.05, 3.63) is 35.4 Å². The first-order valence-electron chi connectivity index (χ1n) is 8.96. The van der Waals surface area contributed by atoms with Crippen molar-refractivity contribution in [1.82, 2.24) is 10.2 Å². The second kappa shape index (κ2) is 7.64. The van der Waals surface area contributed by atoms with Gasteiger partial charge in [-0.2, -0.15) is 0 Å². The number of ether oxygens (including phenoxy) is 1. The summed E-state index contributed by atoms with van der Waals surface area (Å²) >= 11 is 0. The van der Waals surface area contributed by atoms with Gasteiger partial charge in [-0.3, -0.25) is 9.69 Å². The van der Waals surface area contributed by atoms with Crippen LogP contribution in [-0.2, 0) is 22.7 Å². The van der Waals surface area contributed by atoms with Crippen molar-refractivity contribution >= 4 is 5.91 Å². The van der Waals surface area contributed by atoms with Crippen molar-refractivity contribution in [1.29, 1.82) is 0 Å². The molecule has 2 fully saturated rings. The van der Waals surface area contributed by atoms with E-state index >= 15 is 0 Å². The van der Waals surface area contributed by atoms with Gasteiger partial charge in [0.25, 0.3) is 0 Å². The molecule has 2 aliphatic rings. The van der Waals surface area contributed by atoms with Crippen molar-refractivity contribution < 1.29 is 14.6 Å². The molecular formula is C19H28N2O3. The number of carbonyl (C=O) groups is 1. The molecular weight excluding hydrogens is 304 g/mol. The molecule has 1 saturated heterocycles. The first-order valence-corrected chi connectivity index (χ1v) is 8.96. The minimum atomic E-state index is -0.545. The molecule has 2 N–H and O–H groups in total. The number of aliphatic hydroxyl groups is 1. The van der Waals surface area contributed by atoms with Crippen molar-refractivity contribution in [3.8, 4) is 0 Å². The van der Waals surface area contributed by atoms with Gasteiger partial charge in [0.2, 0.25) is 5.91 Å². The Kier molecular flexibility index (Phi) is 5.54. The van der Waals surface area contributed by atoms with Gasteiger partial charge in [0.15, 0.2) is 0 Å². The second-order valence-electron chi connectivity index (χ2n) is 7.07. The normalized spacial score (nSPS) is 24.2. The summed E-state index contributed by atoms with van der Waals surface area (Å²) < 4.78 is 5.37. The van der Waals surface area contributed by atoms with Crippen LogP contribution in [0.2, 0.25) is 0 Å². The van der Waals surface area contributed by atoms with Crippen LogP contribution in [0.5, 0.6) is 0 Å². The molecule has 0 bridgehead atoms. The van der Waals surface area contributed by atoms with Crippen LogP contribution in [0.25, 0.3) is 0 Å². The Morgan fingerprint density at radius 2 is 2.04 bits per heavy atom. The number of hydrogen-bond acceptors (Lipinski definition) is 4. The first-order chi connectivity index (χ1) is 11.6. The molecule has 0 aromatic heterocycles. The van der Waals surface area contributed by atoms with E-state index in [4.69, 9.17) is 4.74 Å². The van der Waals surface area contributed by atoms with Crippen molar-refractivity contribution in [2.75, 3.05) is 26.2 Å². The molecule has 3 rings (SSSR count). The van der Waals surface area contributed by atoms with Gasteiger partial charge in [-0.1, -0.05) is 24.3 Å². The number of amides is 1. The Labute approximate surface area is 144 Å². The fourth-order valence-electron chi connectivity index (χ4n) is 3.42. The first kappa shape index (κ1) is 17.4. The number of nitrogens with one attached hydrogen (secondary N) is 1. The summed E-state index contributed by atoms with van der Waals surface area (Å²) in [5.41, 5.74) is 1.68. The van der Waals surface area contributed by atoms with Crippen LogP contribution in [0, 0.1) is 5.92 Å². The lowest BCUT2D eigenvalue weighted by Crippen LogP contribution is -2.40. The highest BCUT2D eigenvalue weighted by Crippen LogP contribution is 2.44. The van der Waals surface area contributed by atoms with Crippen molar-refractivity contribution in [3.63, 3.8) is 0 Å². The highest BCUT2D eigenvalue weighted by atomic mass is 16.5. The van der Waals surface area contributed by atoms with Gasteiger partial charge in [-0.15, -0.1) is 0 Å². The Bertz CT molecular complexity index is 556. The third kappa shape index (κ3) is 4.56. The van der Waals surface area contributed by atoms with Crippen LogP contribution in [0.4, 0.5) is 0 Å². The van der Waals surface area contributed by atoms with Crippen LogP contribution in [0.1, 0.15) is 37.3 Å². The van der Waals surface area contributed by atoms with Gasteiger partial charge in [0.1, 0.15) is 0 Å². The Balaban J connectivity index is 1.39. The highest BCUT2D eigenvalue weighted by Gasteiger charge is 2.47. The van der Waals surface area contributed by atoms with E-state index in [-0.39, 0.29) is 5.91 Å². The van der Waals surface area contributed by atoms with Gasteiger partial charge in [0, 0.05) is 26.2 Å². The lowest BCUT2D eigenvalue weighted by atomic mass is 9.97. The van der Waals surface area contributed by atoms with Crippen molar-refractivity contribution in [2.45, 2.75) is 44.9 Å². The molecule has 5 heteroatoms. The van der Waals surface area contributed by atoms with E-state index in [1.54, 1.807) is 0 Å². The van der Waals surface area contributed by atoms with Crippen LogP contribution in [0.3, 0.4) is 0 Å². The van der Waals surface area contributed by atoms with E-state index in [0.29, 0.717) is 38.8 Å². The van der Waals surface area contributed by atoms with Gasteiger partial charge in [-0.25, -0.2) is 0 Å². The standard InChI is InChI=1S/C19H28N2O3/c1-2-24-13-16-5-3-15(4-6-16)11-20-18(22)12-21-10-9-19(23,14-21)17-7-8-17/h3-6,17,23H,2,7-14H2,1H3,(H,20,22). The van der Waals surface area contributed by atoms with Gasteiger partial charge < -0.3 is 15.2 Å². The maximum Gasteiger partial charge on any atom is 0.234 e. The summed E-state index contributed by atoms with van der Waals surface area (Å²) in [6, 6.07) is 8.12. The Morgan fingerprint density at radius 1 is 1.33 bits per heavy atom. The zero-order valence-electron chi connectivity index (χ0n) is 14.5. The average Bonchev–Trinajstić information content (AvgIpc) is 3.37. The van der Waals surface area contributed by atoms with Gasteiger partial charge in [0.05, 0.1) is 18.8 Å². The molecule has 132 valence electrons. The molecule has 1 heterocycles. The van der Waals surface area contributed by atoms with Gasteiger partial charge >= 0.3 is 0 Å². The zero-order chi connectivity index (χ0) is 17.0. The predicted molar refractivity (Wildman–Crippen MR) is 92.3 cm³/mol. The zero-order valence-corrected chi connectivity index (χ0v) is 14.5. The summed E-state index contributed by atoms with van der Waals surface area (Å²) in [4.78, 5) is 14.2. The molecule has 24 heavy (non-hydrogen) atoms. The third-order valence-electron chi connectivity index (χ3n) is 5.05. The summed E-state index contributed by atoms with van der Waals surface area (Å²) in [5, 5.41) is 13.5. The number of rotatable bonds is 8. The summed E-state index contributed by atoms with van der Waals surface area (Å²) in [5.74, 6) is 0.481. The Morgan fingerprint density at radius 3 is 2.71 bits per heavy atom. The SMILES string of the molecule is CCOCc1ccc(CNC(=O)CN2CCC(O)(C3CC3)C2)cc1. The summed E-state index contributed by atoms with van der Waals surface area (Å²) in [6.45, 7) is 5.68. The number of carbonyl (C=O) groups excluding carboxylic acids is 1. The number of β-amino-alcohol motifs (C(OH)–C–C–N with tert-alkyl or cyclic N) is 1. The molecule has 1 aliphatic heterocycles. The quantitative estimate of drug-likeness (QED) is 0.760. The van der Waals surface area contributed by atoms with E-state index in [0.717, 1.165) is 36.9 Å². The summed E-state index contributed by atoms with van der Waals surface area (Å²) in [7, 11) is 0. The summed E-state index contributed by atoms with van der Waals surface area (Å²) in [6.07, 6.45) is 3.07. The molecule has 1 saturated carbocycles. The molecule has 1 aromatic carbocycles. The lowest BCUT2D eigenvalue weighted by molar-refractivity contribution is -0.122. The largest absolute Gasteiger partial charge is 0.388 e. The molecule has 1 aromatic rings. The Hall–Kier alpha value is -1.43. The van der Waals surface area contributed by atoms with E-state index in [1.165, 1.54) is 0 Å². The fourth-order valence-corrected chi connectivity index (χ4v) is 3.42. The second-order valence-corrected chi connectivity index (χ2v) is 7.07. The maximum absolute atomic E-state index is 12.1. The minimum absolute atomic E-state index is 0.0217. The minimum Gasteiger partial charge on any atom is -0.388 e. The van der Waals surface area contributed by atoms with Gasteiger partial charge in [-0.05, 0) is 43.2 Å². The monoisotopic (exact) mass is 332 g/mol. The molecule has 0 radical (unpaired) electrons. The average molecular weight is 332 g/mol. The smallest absolute Gasteiger partial charge is 0.234 e. The number of benzene rings is 1. The van der Waals surface area contributed by atoms with E-state index < -0.39 is 5.60 Å². The van der Waals surface area contributed by atoms with Crippen LogP contribution in [-0.4, -0.2) is 47.8 Å². The predicted octanol–water partition coefficient (Wildman–Crippen LogP) is 1.69. The fraction of sp³-hybridized carbons (Fsp3) is 0.632. The van der Waals surface area contributed by atoms with E-state index in [1.807, 2.05) is 31.2 Å². The van der Waals surface area contributed by atoms with Crippen molar-refractivity contribution in [2.24, 2.45) is 5.92 Å².